The van der Waals surface area contributed by atoms with Gasteiger partial charge in [-0.1, -0.05) is 12.1 Å². The van der Waals surface area contributed by atoms with Crippen LogP contribution in [0.2, 0.25) is 0 Å². The Bertz CT molecular complexity index is 950. The van der Waals surface area contributed by atoms with E-state index in [4.69, 9.17) is 4.74 Å². The third kappa shape index (κ3) is 2.79. The number of nitrogens with one attached hydrogen (secondary N) is 2. The summed E-state index contributed by atoms with van der Waals surface area (Å²) in [5.41, 5.74) is 3.12. The fourth-order valence-corrected chi connectivity index (χ4v) is 5.31. The maximum absolute atomic E-state index is 12.7. The summed E-state index contributed by atoms with van der Waals surface area (Å²) in [6, 6.07) is 7.54. The molecule has 2 amide bonds. The molecule has 1 aromatic heterocycles. The molecule has 3 aliphatic rings. The first-order valence-electron chi connectivity index (χ1n) is 9.52. The Morgan fingerprint density at radius 3 is 2.79 bits per heavy atom. The van der Waals surface area contributed by atoms with Crippen molar-refractivity contribution in [2.45, 2.75) is 37.5 Å². The fourth-order valence-electron chi connectivity index (χ4n) is 4.54. The van der Waals surface area contributed by atoms with Gasteiger partial charge in [0.2, 0.25) is 0 Å². The average molecular weight is 398 g/mol. The highest BCUT2D eigenvalue weighted by atomic mass is 32.1. The number of ether oxygens (including phenoxy) is 1. The van der Waals surface area contributed by atoms with Gasteiger partial charge in [0.1, 0.15) is 10.5 Å². The van der Waals surface area contributed by atoms with Crippen LogP contribution in [0.5, 0.6) is 0 Å². The predicted octanol–water partition coefficient (Wildman–Crippen LogP) is 2.40. The molecule has 0 bridgehead atoms. The van der Waals surface area contributed by atoms with E-state index in [0.29, 0.717) is 31.7 Å². The van der Waals surface area contributed by atoms with E-state index in [1.165, 1.54) is 11.3 Å². The van der Waals surface area contributed by atoms with Crippen LogP contribution in [-0.2, 0) is 4.74 Å². The van der Waals surface area contributed by atoms with Crippen molar-refractivity contribution in [1.29, 1.82) is 0 Å². The van der Waals surface area contributed by atoms with Crippen molar-refractivity contribution in [3.63, 3.8) is 0 Å². The van der Waals surface area contributed by atoms with Gasteiger partial charge in [-0.05, 0) is 31.9 Å². The summed E-state index contributed by atoms with van der Waals surface area (Å²) in [6.07, 6.45) is 2.22. The summed E-state index contributed by atoms with van der Waals surface area (Å²) in [5.74, 6) is -0.0103. The molecule has 1 unspecified atom stereocenters. The number of rotatable bonds is 1. The molecule has 7 nitrogen and oxygen atoms in total. The van der Waals surface area contributed by atoms with E-state index in [9.17, 15) is 9.59 Å². The van der Waals surface area contributed by atoms with Crippen LogP contribution < -0.4 is 10.6 Å². The zero-order valence-electron chi connectivity index (χ0n) is 15.7. The molecule has 0 saturated carbocycles. The Hall–Kier alpha value is -2.45. The number of benzene rings is 1. The molecule has 3 aliphatic heterocycles. The van der Waals surface area contributed by atoms with Gasteiger partial charge < -0.3 is 20.3 Å². The minimum atomic E-state index is -0.578. The monoisotopic (exact) mass is 398 g/mol. The van der Waals surface area contributed by atoms with Crippen LogP contribution in [0.15, 0.2) is 29.8 Å². The third-order valence-corrected chi connectivity index (χ3v) is 6.97. The van der Waals surface area contributed by atoms with Gasteiger partial charge in [-0.2, -0.15) is 0 Å². The standard InChI is InChI=1S/C20H22N4O3S/c1-13-16(28-12-21-13)18(26)24-8-6-19(7-9-24)10-20(11-27-19)22-15-5-3-2-4-14(15)17(25)23-20/h2-5,12,22H,6-11H2,1H3,(H,23,25). The summed E-state index contributed by atoms with van der Waals surface area (Å²) >= 11 is 1.40. The highest BCUT2D eigenvalue weighted by molar-refractivity contribution is 7.11. The molecule has 2 fully saturated rings. The van der Waals surface area contributed by atoms with Crippen LogP contribution in [0.1, 0.15) is 45.0 Å². The predicted molar refractivity (Wildman–Crippen MR) is 106 cm³/mol. The summed E-state index contributed by atoms with van der Waals surface area (Å²) in [4.78, 5) is 32.1. The van der Waals surface area contributed by atoms with E-state index in [2.05, 4.69) is 15.6 Å². The topological polar surface area (TPSA) is 83.6 Å². The van der Waals surface area contributed by atoms with Crippen LogP contribution in [0.3, 0.4) is 0 Å². The Morgan fingerprint density at radius 2 is 2.04 bits per heavy atom. The van der Waals surface area contributed by atoms with Crippen molar-refractivity contribution in [2.75, 3.05) is 25.0 Å². The number of hydrogen-bond acceptors (Lipinski definition) is 6. The molecule has 4 heterocycles. The number of carbonyl (C=O) groups excluding carboxylic acids is 2. The summed E-state index contributed by atoms with van der Waals surface area (Å²) in [5, 5.41) is 6.62. The molecule has 2 spiro atoms. The summed E-state index contributed by atoms with van der Waals surface area (Å²) in [6.45, 7) is 3.59. The molecule has 5 rings (SSSR count). The highest BCUT2D eigenvalue weighted by Gasteiger charge is 2.53. The first-order valence-corrected chi connectivity index (χ1v) is 10.4. The van der Waals surface area contributed by atoms with E-state index in [1.54, 1.807) is 5.51 Å². The smallest absolute Gasteiger partial charge is 0.265 e. The normalized spacial score (nSPS) is 25.5. The second-order valence-corrected chi connectivity index (χ2v) is 8.77. The minimum Gasteiger partial charge on any atom is -0.370 e. The lowest BCUT2D eigenvalue weighted by atomic mass is 9.84. The van der Waals surface area contributed by atoms with Crippen LogP contribution in [-0.4, -0.2) is 52.7 Å². The zero-order valence-corrected chi connectivity index (χ0v) is 16.5. The molecular formula is C20H22N4O3S. The maximum atomic E-state index is 12.7. The van der Waals surface area contributed by atoms with Gasteiger partial charge in [0.25, 0.3) is 11.8 Å². The van der Waals surface area contributed by atoms with Crippen LogP contribution in [0, 0.1) is 6.92 Å². The molecule has 2 saturated heterocycles. The Morgan fingerprint density at radius 1 is 1.25 bits per heavy atom. The van der Waals surface area contributed by atoms with E-state index in [-0.39, 0.29) is 17.4 Å². The van der Waals surface area contributed by atoms with Gasteiger partial charge in [0.05, 0.1) is 29.0 Å². The van der Waals surface area contributed by atoms with Gasteiger partial charge in [-0.15, -0.1) is 11.3 Å². The number of hydrogen-bond donors (Lipinski definition) is 2. The largest absolute Gasteiger partial charge is 0.370 e. The molecule has 1 aromatic carbocycles. The number of thiazole rings is 1. The lowest BCUT2D eigenvalue weighted by molar-refractivity contribution is -0.0392. The number of aryl methyl sites for hydroxylation is 1. The second kappa shape index (κ2) is 6.28. The second-order valence-electron chi connectivity index (χ2n) is 7.91. The molecule has 8 heteroatoms. The van der Waals surface area contributed by atoms with E-state index < -0.39 is 5.66 Å². The van der Waals surface area contributed by atoms with Crippen LogP contribution >= 0.6 is 11.3 Å². The van der Waals surface area contributed by atoms with Gasteiger partial charge in [-0.3, -0.25) is 9.59 Å². The van der Waals surface area contributed by atoms with Crippen molar-refractivity contribution in [3.05, 3.63) is 45.9 Å². The molecule has 1 atom stereocenters. The number of amides is 2. The number of likely N-dealkylation sites (tertiary alicyclic amines) is 1. The summed E-state index contributed by atoms with van der Waals surface area (Å²) < 4.78 is 6.26. The van der Waals surface area contributed by atoms with E-state index >= 15 is 0 Å². The Labute approximate surface area is 167 Å². The van der Waals surface area contributed by atoms with Gasteiger partial charge in [0, 0.05) is 25.2 Å². The lowest BCUT2D eigenvalue weighted by Crippen LogP contribution is -2.59. The number of aromatic nitrogens is 1. The van der Waals surface area contributed by atoms with Crippen LogP contribution in [0.4, 0.5) is 5.69 Å². The number of anilines is 1. The SMILES string of the molecule is Cc1ncsc1C(=O)N1CCC2(CC1)CC1(CO2)NC(=O)c2ccccc2N1. The van der Waals surface area contributed by atoms with E-state index in [1.807, 2.05) is 36.1 Å². The number of nitrogens with zero attached hydrogens (tertiary/aromatic N) is 2. The zero-order chi connectivity index (χ0) is 19.4. The molecule has 0 radical (unpaired) electrons. The lowest BCUT2D eigenvalue weighted by Gasteiger charge is -2.41. The number of fused-ring (bicyclic) bond motifs is 1. The Kier molecular flexibility index (Phi) is 3.96. The van der Waals surface area contributed by atoms with Crippen molar-refractivity contribution in [3.8, 4) is 0 Å². The summed E-state index contributed by atoms with van der Waals surface area (Å²) in [7, 11) is 0. The first kappa shape index (κ1) is 17.6. The molecule has 2 N–H and O–H groups in total. The van der Waals surface area contributed by atoms with Gasteiger partial charge in [0.15, 0.2) is 0 Å². The molecule has 28 heavy (non-hydrogen) atoms. The molecule has 0 aliphatic carbocycles. The number of para-hydroxylation sites is 1. The number of carbonyl (C=O) groups is 2. The van der Waals surface area contributed by atoms with Gasteiger partial charge >= 0.3 is 0 Å². The minimum absolute atomic E-state index is 0.0561. The van der Waals surface area contributed by atoms with Gasteiger partial charge in [-0.25, -0.2) is 4.98 Å². The van der Waals surface area contributed by atoms with Crippen molar-refractivity contribution in [2.24, 2.45) is 0 Å². The highest BCUT2D eigenvalue weighted by Crippen LogP contribution is 2.43. The fraction of sp³-hybridized carbons (Fsp3) is 0.450. The van der Waals surface area contributed by atoms with Crippen molar-refractivity contribution in [1.82, 2.24) is 15.2 Å². The van der Waals surface area contributed by atoms with Crippen LogP contribution in [0.25, 0.3) is 0 Å². The molecule has 146 valence electrons. The first-order chi connectivity index (χ1) is 13.5. The quantitative estimate of drug-likeness (QED) is 0.771. The Balaban J connectivity index is 1.29. The molecule has 2 aromatic rings. The van der Waals surface area contributed by atoms with E-state index in [0.717, 1.165) is 29.1 Å². The maximum Gasteiger partial charge on any atom is 0.265 e. The molecular weight excluding hydrogens is 376 g/mol. The number of piperidine rings is 1. The van der Waals surface area contributed by atoms with Crippen molar-refractivity contribution < 1.29 is 14.3 Å². The average Bonchev–Trinajstić information content (AvgIpc) is 3.26. The van der Waals surface area contributed by atoms with Crippen molar-refractivity contribution >= 4 is 28.8 Å². The third-order valence-electron chi connectivity index (χ3n) is 6.05.